The fourth-order valence-corrected chi connectivity index (χ4v) is 3.07. The molecule has 0 fully saturated rings. The summed E-state index contributed by atoms with van der Waals surface area (Å²) in [4.78, 5) is 1.47. The van der Waals surface area contributed by atoms with Gasteiger partial charge in [-0.15, -0.1) is 5.56 Å². The van der Waals surface area contributed by atoms with E-state index >= 15 is 0 Å². The SMILES string of the molecule is Cc1ccc(S(=O)c2ccc[c-]2CO)cc1.[Fe+2].c1cc[cH-]c1. The largest absolute Gasteiger partial charge is 2.00 e. The molecule has 0 aliphatic heterocycles. The van der Waals surface area contributed by atoms with Gasteiger partial charge < -0.3 is 5.11 Å². The number of aliphatic hydroxyl groups excluding tert-OH is 1. The van der Waals surface area contributed by atoms with Crippen LogP contribution in [0.1, 0.15) is 11.1 Å². The van der Waals surface area contributed by atoms with Gasteiger partial charge >= 0.3 is 17.1 Å². The molecule has 0 aliphatic carbocycles. The minimum atomic E-state index is -1.20. The zero-order valence-electron chi connectivity index (χ0n) is 12.3. The molecule has 3 aromatic rings. The topological polar surface area (TPSA) is 37.3 Å². The number of rotatable bonds is 3. The Kier molecular flexibility index (Phi) is 8.07. The predicted molar refractivity (Wildman–Crippen MR) is 85.8 cm³/mol. The number of hydrogen-bond donors (Lipinski definition) is 1. The number of aryl methyl sites for hydroxylation is 1. The molecule has 116 valence electrons. The Morgan fingerprint density at radius 2 is 1.73 bits per heavy atom. The van der Waals surface area contributed by atoms with Gasteiger partial charge in [0.25, 0.3) is 0 Å². The van der Waals surface area contributed by atoms with E-state index in [0.717, 1.165) is 16.0 Å². The van der Waals surface area contributed by atoms with Gasteiger partial charge in [0.1, 0.15) is 0 Å². The quantitative estimate of drug-likeness (QED) is 0.574. The molecule has 1 N–H and O–H groups in total. The van der Waals surface area contributed by atoms with Crippen molar-refractivity contribution in [2.24, 2.45) is 0 Å². The molecule has 2 nitrogen and oxygen atoms in total. The molecule has 1 atom stereocenters. The molecular formula is C18H18FeO2S. The molecule has 1 unspecified atom stereocenters. The van der Waals surface area contributed by atoms with Crippen molar-refractivity contribution < 1.29 is 26.4 Å². The van der Waals surface area contributed by atoms with Crippen LogP contribution in [0.3, 0.4) is 0 Å². The summed E-state index contributed by atoms with van der Waals surface area (Å²) in [6, 6.07) is 23.0. The van der Waals surface area contributed by atoms with Gasteiger partial charge in [-0.25, -0.2) is 18.2 Å². The predicted octanol–water partition coefficient (Wildman–Crippen LogP) is 3.78. The maximum absolute atomic E-state index is 12.2. The van der Waals surface area contributed by atoms with E-state index < -0.39 is 10.8 Å². The molecule has 0 saturated heterocycles. The van der Waals surface area contributed by atoms with Crippen LogP contribution in [0.25, 0.3) is 0 Å². The van der Waals surface area contributed by atoms with Crippen LogP contribution < -0.4 is 0 Å². The van der Waals surface area contributed by atoms with Crippen molar-refractivity contribution in [1.29, 1.82) is 0 Å². The summed E-state index contributed by atoms with van der Waals surface area (Å²) in [5.74, 6) is 0. The summed E-state index contributed by atoms with van der Waals surface area (Å²) in [5.41, 5.74) is 1.88. The van der Waals surface area contributed by atoms with E-state index in [1.54, 1.807) is 12.1 Å². The van der Waals surface area contributed by atoms with Crippen LogP contribution in [0, 0.1) is 6.92 Å². The van der Waals surface area contributed by atoms with Gasteiger partial charge in [0, 0.05) is 11.5 Å². The van der Waals surface area contributed by atoms with E-state index in [1.807, 2.05) is 67.6 Å². The van der Waals surface area contributed by atoms with Crippen LogP contribution >= 0.6 is 0 Å². The van der Waals surface area contributed by atoms with E-state index in [1.165, 1.54) is 0 Å². The monoisotopic (exact) mass is 354 g/mol. The molecule has 0 heterocycles. The summed E-state index contributed by atoms with van der Waals surface area (Å²) < 4.78 is 12.2. The van der Waals surface area contributed by atoms with Crippen molar-refractivity contribution in [1.82, 2.24) is 0 Å². The smallest absolute Gasteiger partial charge is 0.404 e. The fourth-order valence-electron chi connectivity index (χ4n) is 1.86. The minimum Gasteiger partial charge on any atom is -0.404 e. The third-order valence-corrected chi connectivity index (χ3v) is 4.52. The fraction of sp³-hybridized carbons (Fsp3) is 0.111. The second-order valence-electron chi connectivity index (χ2n) is 4.62. The van der Waals surface area contributed by atoms with Crippen LogP contribution in [0.2, 0.25) is 0 Å². The number of aliphatic hydroxyl groups is 1. The Morgan fingerprint density at radius 1 is 1.09 bits per heavy atom. The van der Waals surface area contributed by atoms with Crippen LogP contribution in [-0.4, -0.2) is 9.32 Å². The van der Waals surface area contributed by atoms with Gasteiger partial charge in [0.15, 0.2) is 0 Å². The van der Waals surface area contributed by atoms with Crippen molar-refractivity contribution >= 4 is 10.8 Å². The summed E-state index contributed by atoms with van der Waals surface area (Å²) in [5, 5.41) is 9.11. The molecule has 0 amide bonds. The maximum Gasteiger partial charge on any atom is 2.00 e. The first-order valence-corrected chi connectivity index (χ1v) is 7.88. The molecule has 0 bridgehead atoms. The van der Waals surface area contributed by atoms with Crippen LogP contribution in [0.5, 0.6) is 0 Å². The number of hydrogen-bond acceptors (Lipinski definition) is 2. The second-order valence-corrected chi connectivity index (χ2v) is 6.07. The molecule has 22 heavy (non-hydrogen) atoms. The van der Waals surface area contributed by atoms with Gasteiger partial charge in [-0.3, -0.25) is 4.21 Å². The standard InChI is InChI=1S/C13H13O2S.C5H5.Fe/c1-10-5-7-12(8-6-10)16(15)13-4-2-3-11(13)9-14;1-2-4-5-3-1;/h2-8,14H,9H2,1H3;1-5H;/q2*-1;+2. The van der Waals surface area contributed by atoms with E-state index in [2.05, 4.69) is 0 Å². The average Bonchev–Trinajstić information content (AvgIpc) is 3.21. The maximum atomic E-state index is 12.2. The molecule has 0 aromatic heterocycles. The first-order valence-electron chi connectivity index (χ1n) is 6.73. The van der Waals surface area contributed by atoms with Gasteiger partial charge in [0.05, 0.1) is 10.8 Å². The van der Waals surface area contributed by atoms with Crippen molar-refractivity contribution in [3.63, 3.8) is 0 Å². The molecule has 0 aliphatic rings. The van der Waals surface area contributed by atoms with Crippen molar-refractivity contribution in [3.8, 4) is 0 Å². The van der Waals surface area contributed by atoms with Gasteiger partial charge in [0.2, 0.25) is 0 Å². The summed E-state index contributed by atoms with van der Waals surface area (Å²) in [6.07, 6.45) is 0. The van der Waals surface area contributed by atoms with Crippen LogP contribution in [-0.2, 0) is 34.5 Å². The Labute approximate surface area is 144 Å². The molecule has 3 aromatic carbocycles. The minimum absolute atomic E-state index is 0. The van der Waals surface area contributed by atoms with Crippen LogP contribution in [0.15, 0.2) is 82.6 Å². The molecule has 0 saturated carbocycles. The molecule has 0 radical (unpaired) electrons. The third-order valence-electron chi connectivity index (χ3n) is 3.02. The van der Waals surface area contributed by atoms with Crippen molar-refractivity contribution in [2.75, 3.05) is 0 Å². The van der Waals surface area contributed by atoms with E-state index in [0.29, 0.717) is 4.90 Å². The molecule has 3 rings (SSSR count). The molecular weight excluding hydrogens is 336 g/mol. The normalized spacial score (nSPS) is 11.0. The van der Waals surface area contributed by atoms with Gasteiger partial charge in [-0.1, -0.05) is 22.6 Å². The van der Waals surface area contributed by atoms with Crippen molar-refractivity contribution in [3.05, 3.63) is 83.9 Å². The number of benzene rings is 1. The Hall–Kier alpha value is -1.45. The van der Waals surface area contributed by atoms with Gasteiger partial charge in [-0.2, -0.15) is 30.3 Å². The Balaban J connectivity index is 0.000000344. The average molecular weight is 354 g/mol. The molecule has 0 spiro atoms. The first-order chi connectivity index (χ1) is 10.2. The van der Waals surface area contributed by atoms with E-state index in [4.69, 9.17) is 5.11 Å². The van der Waals surface area contributed by atoms with E-state index in [-0.39, 0.29) is 23.7 Å². The zero-order chi connectivity index (χ0) is 15.1. The van der Waals surface area contributed by atoms with Crippen molar-refractivity contribution in [2.45, 2.75) is 23.3 Å². The Morgan fingerprint density at radius 3 is 2.23 bits per heavy atom. The van der Waals surface area contributed by atoms with Gasteiger partial charge in [-0.05, 0) is 19.1 Å². The Bertz CT molecular complexity index is 652. The van der Waals surface area contributed by atoms with E-state index in [9.17, 15) is 4.21 Å². The molecule has 4 heteroatoms. The first kappa shape index (κ1) is 18.6. The zero-order valence-corrected chi connectivity index (χ0v) is 14.2. The summed E-state index contributed by atoms with van der Waals surface area (Å²) in [6.45, 7) is 1.92. The third kappa shape index (κ3) is 5.08. The second kappa shape index (κ2) is 9.54. The van der Waals surface area contributed by atoms with Crippen LogP contribution in [0.4, 0.5) is 0 Å². The summed E-state index contributed by atoms with van der Waals surface area (Å²) in [7, 11) is -1.20. The summed E-state index contributed by atoms with van der Waals surface area (Å²) >= 11 is 0.